The summed E-state index contributed by atoms with van der Waals surface area (Å²) in [6.45, 7) is 0.468. The van der Waals surface area contributed by atoms with Gasteiger partial charge in [-0.3, -0.25) is 9.59 Å². The van der Waals surface area contributed by atoms with Crippen LogP contribution in [0.4, 0.5) is 5.69 Å². The van der Waals surface area contributed by atoms with Crippen LogP contribution in [0, 0.1) is 0 Å². The predicted molar refractivity (Wildman–Crippen MR) is 112 cm³/mol. The molecule has 1 amide bonds. The van der Waals surface area contributed by atoms with Crippen molar-refractivity contribution in [3.05, 3.63) is 63.0 Å². The third-order valence-electron chi connectivity index (χ3n) is 5.22. The standard InChI is InChI=1S/C21H26BrN3O2/c1-24(18-5-3-2-4-6-18)19-10-7-16(8-11-19)13-23-20(26)15-25-14-17(22)9-12-21(25)27/h7-12,14,18H,2-6,13,15H2,1H3,(H,23,26). The van der Waals surface area contributed by atoms with Gasteiger partial charge in [0, 0.05) is 42.1 Å². The van der Waals surface area contributed by atoms with Crippen LogP contribution < -0.4 is 15.8 Å². The van der Waals surface area contributed by atoms with E-state index in [1.165, 1.54) is 48.4 Å². The van der Waals surface area contributed by atoms with E-state index in [0.717, 1.165) is 10.0 Å². The van der Waals surface area contributed by atoms with Crippen LogP contribution in [0.2, 0.25) is 0 Å². The summed E-state index contributed by atoms with van der Waals surface area (Å²) in [6, 6.07) is 12.1. The molecule has 1 aromatic heterocycles. The van der Waals surface area contributed by atoms with E-state index in [1.54, 1.807) is 12.3 Å². The molecule has 0 aliphatic heterocycles. The molecule has 0 saturated heterocycles. The van der Waals surface area contributed by atoms with E-state index in [2.05, 4.69) is 57.5 Å². The molecule has 5 nitrogen and oxygen atoms in total. The van der Waals surface area contributed by atoms with Crippen molar-refractivity contribution in [3.8, 4) is 0 Å². The van der Waals surface area contributed by atoms with Crippen LogP contribution in [-0.2, 0) is 17.9 Å². The highest BCUT2D eigenvalue weighted by molar-refractivity contribution is 9.10. The molecular weight excluding hydrogens is 406 g/mol. The number of hydrogen-bond donors (Lipinski definition) is 1. The maximum atomic E-state index is 12.1. The van der Waals surface area contributed by atoms with Crippen molar-refractivity contribution in [2.24, 2.45) is 0 Å². The Morgan fingerprint density at radius 2 is 1.85 bits per heavy atom. The van der Waals surface area contributed by atoms with Gasteiger partial charge in [0.25, 0.3) is 5.56 Å². The highest BCUT2D eigenvalue weighted by Crippen LogP contribution is 2.26. The SMILES string of the molecule is CN(c1ccc(CNC(=O)Cn2cc(Br)ccc2=O)cc1)C1CCCCC1. The normalized spacial score (nSPS) is 14.7. The molecular formula is C21H26BrN3O2. The average molecular weight is 432 g/mol. The number of aromatic nitrogens is 1. The summed E-state index contributed by atoms with van der Waals surface area (Å²) in [5.74, 6) is -0.182. The van der Waals surface area contributed by atoms with Gasteiger partial charge in [-0.25, -0.2) is 0 Å². The lowest BCUT2D eigenvalue weighted by Gasteiger charge is -2.33. The Morgan fingerprint density at radius 3 is 2.56 bits per heavy atom. The molecule has 1 N–H and O–H groups in total. The van der Waals surface area contributed by atoms with Crippen LogP contribution >= 0.6 is 15.9 Å². The lowest BCUT2D eigenvalue weighted by molar-refractivity contribution is -0.121. The molecule has 0 bridgehead atoms. The molecule has 6 heteroatoms. The Hall–Kier alpha value is -2.08. The fraction of sp³-hybridized carbons (Fsp3) is 0.429. The second-order valence-corrected chi connectivity index (χ2v) is 8.08. The molecule has 1 aliphatic carbocycles. The zero-order chi connectivity index (χ0) is 19.2. The van der Waals surface area contributed by atoms with E-state index in [0.29, 0.717) is 12.6 Å². The van der Waals surface area contributed by atoms with Crippen LogP contribution in [-0.4, -0.2) is 23.6 Å². The number of carbonyl (C=O) groups excluding carboxylic acids is 1. The van der Waals surface area contributed by atoms with Crippen molar-refractivity contribution >= 4 is 27.5 Å². The molecule has 1 aromatic carbocycles. The van der Waals surface area contributed by atoms with Gasteiger partial charge in [0.1, 0.15) is 6.54 Å². The predicted octanol–water partition coefficient (Wildman–Crippen LogP) is 3.70. The van der Waals surface area contributed by atoms with Gasteiger partial charge in [-0.05, 0) is 52.5 Å². The Kier molecular flexibility index (Phi) is 6.72. The molecule has 3 rings (SSSR count). The van der Waals surface area contributed by atoms with E-state index >= 15 is 0 Å². The van der Waals surface area contributed by atoms with Gasteiger partial charge in [0.15, 0.2) is 0 Å². The zero-order valence-corrected chi connectivity index (χ0v) is 17.2. The Balaban J connectivity index is 1.53. The second-order valence-electron chi connectivity index (χ2n) is 7.16. The molecule has 144 valence electrons. The fourth-order valence-corrected chi connectivity index (χ4v) is 3.94. The summed E-state index contributed by atoms with van der Waals surface area (Å²) in [6.07, 6.45) is 8.15. The van der Waals surface area contributed by atoms with Gasteiger partial charge in [-0.1, -0.05) is 31.4 Å². The zero-order valence-electron chi connectivity index (χ0n) is 15.7. The van der Waals surface area contributed by atoms with Crippen molar-refractivity contribution < 1.29 is 4.79 Å². The van der Waals surface area contributed by atoms with E-state index in [-0.39, 0.29) is 18.0 Å². The smallest absolute Gasteiger partial charge is 0.251 e. The maximum Gasteiger partial charge on any atom is 0.251 e. The number of pyridine rings is 1. The lowest BCUT2D eigenvalue weighted by Crippen LogP contribution is -2.33. The van der Waals surface area contributed by atoms with E-state index < -0.39 is 0 Å². The first-order chi connectivity index (χ1) is 13.0. The third-order valence-corrected chi connectivity index (χ3v) is 5.69. The molecule has 1 fully saturated rings. The van der Waals surface area contributed by atoms with Gasteiger partial charge < -0.3 is 14.8 Å². The van der Waals surface area contributed by atoms with Gasteiger partial charge in [0.05, 0.1) is 0 Å². The summed E-state index contributed by atoms with van der Waals surface area (Å²) in [5.41, 5.74) is 2.08. The van der Waals surface area contributed by atoms with Crippen LogP contribution in [0.5, 0.6) is 0 Å². The number of rotatable bonds is 6. The topological polar surface area (TPSA) is 54.3 Å². The quantitative estimate of drug-likeness (QED) is 0.758. The number of hydrogen-bond acceptors (Lipinski definition) is 3. The van der Waals surface area contributed by atoms with Crippen molar-refractivity contribution in [2.45, 2.75) is 51.2 Å². The van der Waals surface area contributed by atoms with Crippen LogP contribution in [0.15, 0.2) is 51.9 Å². The molecule has 2 aromatic rings. The Bertz CT molecular complexity index is 826. The highest BCUT2D eigenvalue weighted by Gasteiger charge is 2.18. The largest absolute Gasteiger partial charge is 0.372 e. The van der Waals surface area contributed by atoms with E-state index in [4.69, 9.17) is 0 Å². The van der Waals surface area contributed by atoms with Gasteiger partial charge in [-0.15, -0.1) is 0 Å². The summed E-state index contributed by atoms with van der Waals surface area (Å²) in [7, 11) is 2.17. The molecule has 1 saturated carbocycles. The lowest BCUT2D eigenvalue weighted by atomic mass is 9.94. The number of benzene rings is 1. The number of amides is 1. The molecule has 27 heavy (non-hydrogen) atoms. The maximum absolute atomic E-state index is 12.1. The van der Waals surface area contributed by atoms with E-state index in [9.17, 15) is 9.59 Å². The third kappa shape index (κ3) is 5.45. The minimum absolute atomic E-state index is 0.0147. The van der Waals surface area contributed by atoms with Crippen LogP contribution in [0.25, 0.3) is 0 Å². The minimum atomic E-state index is -0.191. The molecule has 0 spiro atoms. The number of carbonyl (C=O) groups is 1. The van der Waals surface area contributed by atoms with Crippen molar-refractivity contribution in [3.63, 3.8) is 0 Å². The van der Waals surface area contributed by atoms with E-state index in [1.807, 2.05) is 0 Å². The number of nitrogens with zero attached hydrogens (tertiary/aromatic N) is 2. The monoisotopic (exact) mass is 431 g/mol. The molecule has 0 atom stereocenters. The first-order valence-corrected chi connectivity index (χ1v) is 10.3. The number of halogens is 1. The molecule has 1 heterocycles. The second kappa shape index (κ2) is 9.22. The summed E-state index contributed by atoms with van der Waals surface area (Å²) < 4.78 is 2.16. The minimum Gasteiger partial charge on any atom is -0.372 e. The van der Waals surface area contributed by atoms with Gasteiger partial charge in [0.2, 0.25) is 5.91 Å². The van der Waals surface area contributed by atoms with Crippen LogP contribution in [0.1, 0.15) is 37.7 Å². The summed E-state index contributed by atoms with van der Waals surface area (Å²) in [4.78, 5) is 26.3. The molecule has 0 unspecified atom stereocenters. The van der Waals surface area contributed by atoms with Crippen molar-refractivity contribution in [1.29, 1.82) is 0 Å². The van der Waals surface area contributed by atoms with Crippen LogP contribution in [0.3, 0.4) is 0 Å². The fourth-order valence-electron chi connectivity index (χ4n) is 3.57. The number of nitrogens with one attached hydrogen (secondary N) is 1. The Morgan fingerprint density at radius 1 is 1.15 bits per heavy atom. The van der Waals surface area contributed by atoms with Crippen molar-refractivity contribution in [2.75, 3.05) is 11.9 Å². The Labute approximate surface area is 168 Å². The molecule has 1 aliphatic rings. The number of anilines is 1. The summed E-state index contributed by atoms with van der Waals surface area (Å²) >= 11 is 3.31. The first-order valence-electron chi connectivity index (χ1n) is 9.47. The average Bonchev–Trinajstić information content (AvgIpc) is 2.70. The highest BCUT2D eigenvalue weighted by atomic mass is 79.9. The molecule has 0 radical (unpaired) electrons. The van der Waals surface area contributed by atoms with Gasteiger partial charge >= 0.3 is 0 Å². The first kappa shape index (κ1) is 19.7. The van der Waals surface area contributed by atoms with Crippen molar-refractivity contribution in [1.82, 2.24) is 9.88 Å². The van der Waals surface area contributed by atoms with Gasteiger partial charge in [-0.2, -0.15) is 0 Å². The summed E-state index contributed by atoms with van der Waals surface area (Å²) in [5, 5.41) is 2.88.